The molecule has 0 aromatic carbocycles. The number of hydrogen-bond donors (Lipinski definition) is 1. The summed E-state index contributed by atoms with van der Waals surface area (Å²) in [6, 6.07) is 1.31. The van der Waals surface area contributed by atoms with Crippen molar-refractivity contribution in [3.05, 3.63) is 26.9 Å². The first-order valence-corrected chi connectivity index (χ1v) is 7.96. The maximum absolute atomic E-state index is 11.5. The number of halogens is 1. The third kappa shape index (κ3) is 3.87. The second-order valence-corrected chi connectivity index (χ2v) is 8.17. The van der Waals surface area contributed by atoms with E-state index in [2.05, 4.69) is 26.2 Å². The highest BCUT2D eigenvalue weighted by atomic mass is 79.9. The molecule has 0 aliphatic rings. The van der Waals surface area contributed by atoms with Gasteiger partial charge in [0, 0.05) is 18.9 Å². The molecule has 1 rings (SSSR count). The number of nitrogens with one attached hydrogen (secondary N) is 1. The van der Waals surface area contributed by atoms with E-state index in [-0.39, 0.29) is 12.2 Å². The number of rotatable bonds is 5. The zero-order valence-electron chi connectivity index (χ0n) is 10.7. The Hall–Kier alpha value is -1.22. The molecule has 1 heterocycles. The van der Waals surface area contributed by atoms with Crippen LogP contribution in [0.25, 0.3) is 0 Å². The molecule has 0 aliphatic heterocycles. The topological polar surface area (TPSA) is 102 Å². The number of nitro groups is 1. The van der Waals surface area contributed by atoms with Crippen molar-refractivity contribution in [3.8, 4) is 0 Å². The Balaban J connectivity index is 2.88. The van der Waals surface area contributed by atoms with Crippen LogP contribution in [-0.2, 0) is 9.84 Å². The van der Waals surface area contributed by atoms with E-state index in [1.807, 2.05) is 0 Å². The summed E-state index contributed by atoms with van der Waals surface area (Å²) >= 11 is 3.15. The number of pyridine rings is 1. The molecule has 106 valence electrons. The Kier molecular flexibility index (Phi) is 4.51. The highest BCUT2D eigenvalue weighted by Crippen LogP contribution is 2.25. The number of nitrogens with zero attached hydrogens (tertiary/aromatic N) is 2. The SMILES string of the molecule is CC(C)(CNc1ncc([N+](=O)[O-])cc1Br)S(C)(=O)=O. The van der Waals surface area contributed by atoms with E-state index < -0.39 is 19.5 Å². The summed E-state index contributed by atoms with van der Waals surface area (Å²) in [6.07, 6.45) is 2.27. The lowest BCUT2D eigenvalue weighted by molar-refractivity contribution is -0.385. The van der Waals surface area contributed by atoms with Gasteiger partial charge in [0.25, 0.3) is 5.69 Å². The average molecular weight is 352 g/mol. The predicted molar refractivity (Wildman–Crippen MR) is 76.0 cm³/mol. The van der Waals surface area contributed by atoms with Crippen LogP contribution >= 0.6 is 15.9 Å². The van der Waals surface area contributed by atoms with E-state index in [9.17, 15) is 18.5 Å². The minimum atomic E-state index is -3.22. The zero-order chi connectivity index (χ0) is 14.8. The molecular weight excluding hydrogens is 338 g/mol. The average Bonchev–Trinajstić information content (AvgIpc) is 2.25. The van der Waals surface area contributed by atoms with Gasteiger partial charge in [0.15, 0.2) is 9.84 Å². The lowest BCUT2D eigenvalue weighted by Gasteiger charge is -2.23. The number of anilines is 1. The Morgan fingerprint density at radius 1 is 1.53 bits per heavy atom. The van der Waals surface area contributed by atoms with Gasteiger partial charge in [0.2, 0.25) is 0 Å². The van der Waals surface area contributed by atoms with E-state index >= 15 is 0 Å². The van der Waals surface area contributed by atoms with Gasteiger partial charge < -0.3 is 5.32 Å². The van der Waals surface area contributed by atoms with Crippen LogP contribution in [0.4, 0.5) is 11.5 Å². The van der Waals surface area contributed by atoms with Crippen molar-refractivity contribution in [2.75, 3.05) is 18.1 Å². The van der Waals surface area contributed by atoms with E-state index in [1.165, 1.54) is 6.07 Å². The number of aromatic nitrogens is 1. The molecule has 7 nitrogen and oxygen atoms in total. The Morgan fingerprint density at radius 3 is 2.53 bits per heavy atom. The molecule has 0 unspecified atom stereocenters. The molecule has 0 saturated carbocycles. The lowest BCUT2D eigenvalue weighted by Crippen LogP contribution is -2.38. The van der Waals surface area contributed by atoms with Crippen molar-refractivity contribution < 1.29 is 13.3 Å². The summed E-state index contributed by atoms with van der Waals surface area (Å²) in [5.41, 5.74) is -0.139. The predicted octanol–water partition coefficient (Wildman–Crippen LogP) is 1.99. The molecule has 0 bridgehead atoms. The first-order valence-electron chi connectivity index (χ1n) is 5.28. The van der Waals surface area contributed by atoms with Crippen LogP contribution in [0.2, 0.25) is 0 Å². The highest BCUT2D eigenvalue weighted by Gasteiger charge is 2.30. The van der Waals surface area contributed by atoms with Gasteiger partial charge in [-0.3, -0.25) is 10.1 Å². The van der Waals surface area contributed by atoms with Crippen LogP contribution in [0.1, 0.15) is 13.8 Å². The fraction of sp³-hybridized carbons (Fsp3) is 0.500. The van der Waals surface area contributed by atoms with Crippen LogP contribution in [0, 0.1) is 10.1 Å². The molecule has 0 saturated heterocycles. The monoisotopic (exact) mass is 351 g/mol. The number of sulfone groups is 1. The molecule has 0 spiro atoms. The van der Waals surface area contributed by atoms with E-state index in [1.54, 1.807) is 13.8 Å². The fourth-order valence-corrected chi connectivity index (χ4v) is 1.90. The van der Waals surface area contributed by atoms with Gasteiger partial charge in [-0.1, -0.05) is 0 Å². The minimum absolute atomic E-state index is 0.139. The first-order chi connectivity index (χ1) is 8.54. The Labute approximate surface area is 119 Å². The van der Waals surface area contributed by atoms with Crippen molar-refractivity contribution in [2.45, 2.75) is 18.6 Å². The quantitative estimate of drug-likeness (QED) is 0.642. The smallest absolute Gasteiger partial charge is 0.288 e. The van der Waals surface area contributed by atoms with Crippen molar-refractivity contribution in [3.63, 3.8) is 0 Å². The maximum Gasteiger partial charge on any atom is 0.288 e. The molecule has 0 atom stereocenters. The lowest BCUT2D eigenvalue weighted by atomic mass is 10.2. The normalized spacial score (nSPS) is 12.2. The fourth-order valence-electron chi connectivity index (χ4n) is 1.09. The molecule has 0 radical (unpaired) electrons. The summed E-state index contributed by atoms with van der Waals surface area (Å²) in [6.45, 7) is 3.33. The van der Waals surface area contributed by atoms with Gasteiger partial charge in [-0.15, -0.1) is 0 Å². The second kappa shape index (κ2) is 5.41. The van der Waals surface area contributed by atoms with Crippen LogP contribution < -0.4 is 5.32 Å². The van der Waals surface area contributed by atoms with Crippen molar-refractivity contribution in [1.82, 2.24) is 4.98 Å². The van der Waals surface area contributed by atoms with Crippen molar-refractivity contribution in [1.29, 1.82) is 0 Å². The van der Waals surface area contributed by atoms with Gasteiger partial charge in [-0.25, -0.2) is 13.4 Å². The molecule has 19 heavy (non-hydrogen) atoms. The largest absolute Gasteiger partial charge is 0.368 e. The third-order valence-electron chi connectivity index (χ3n) is 2.72. The second-order valence-electron chi connectivity index (χ2n) is 4.67. The van der Waals surface area contributed by atoms with Gasteiger partial charge in [-0.05, 0) is 29.8 Å². The zero-order valence-corrected chi connectivity index (χ0v) is 13.1. The molecular formula is C10H14BrN3O4S. The molecule has 1 N–H and O–H groups in total. The minimum Gasteiger partial charge on any atom is -0.368 e. The summed E-state index contributed by atoms with van der Waals surface area (Å²) in [7, 11) is -3.22. The van der Waals surface area contributed by atoms with E-state index in [0.717, 1.165) is 12.5 Å². The number of hydrogen-bond acceptors (Lipinski definition) is 6. The standard InChI is InChI=1S/C10H14BrN3O4S/c1-10(2,19(3,17)18)6-13-9-8(11)4-7(5-12-9)14(15)16/h4-5H,6H2,1-3H3,(H,12,13). The van der Waals surface area contributed by atoms with E-state index in [0.29, 0.717) is 10.3 Å². The van der Waals surface area contributed by atoms with Gasteiger partial charge >= 0.3 is 0 Å². The highest BCUT2D eigenvalue weighted by molar-refractivity contribution is 9.10. The maximum atomic E-state index is 11.5. The third-order valence-corrected chi connectivity index (χ3v) is 5.48. The summed E-state index contributed by atoms with van der Waals surface area (Å²) in [5, 5.41) is 13.4. The van der Waals surface area contributed by atoms with Crippen LogP contribution in [0.15, 0.2) is 16.7 Å². The van der Waals surface area contributed by atoms with Gasteiger partial charge in [-0.2, -0.15) is 0 Å². The molecule has 1 aromatic rings. The molecule has 1 aromatic heterocycles. The van der Waals surface area contributed by atoms with Crippen LogP contribution in [0.3, 0.4) is 0 Å². The molecule has 0 fully saturated rings. The summed E-state index contributed by atoms with van der Waals surface area (Å²) in [5.74, 6) is 0.363. The van der Waals surface area contributed by atoms with Crippen molar-refractivity contribution in [2.24, 2.45) is 0 Å². The van der Waals surface area contributed by atoms with Gasteiger partial charge in [0.05, 0.1) is 14.1 Å². The van der Waals surface area contributed by atoms with E-state index in [4.69, 9.17) is 0 Å². The summed E-state index contributed by atoms with van der Waals surface area (Å²) in [4.78, 5) is 13.9. The van der Waals surface area contributed by atoms with Crippen LogP contribution in [-0.4, -0.2) is 35.9 Å². The first kappa shape index (κ1) is 15.8. The van der Waals surface area contributed by atoms with Crippen LogP contribution in [0.5, 0.6) is 0 Å². The molecule has 0 amide bonds. The Morgan fingerprint density at radius 2 is 2.11 bits per heavy atom. The molecule has 0 aliphatic carbocycles. The van der Waals surface area contributed by atoms with Crippen molar-refractivity contribution >= 4 is 37.3 Å². The summed E-state index contributed by atoms with van der Waals surface area (Å²) < 4.78 is 22.5. The molecule has 9 heteroatoms. The Bertz CT molecular complexity index is 601. The van der Waals surface area contributed by atoms with Gasteiger partial charge in [0.1, 0.15) is 12.0 Å².